The summed E-state index contributed by atoms with van der Waals surface area (Å²) in [6.07, 6.45) is 0.729. The smallest absolute Gasteiger partial charge is 0.313 e. The molecular weight excluding hydrogens is 301 g/mol. The summed E-state index contributed by atoms with van der Waals surface area (Å²) in [6.45, 7) is 3.27. The quantitative estimate of drug-likeness (QED) is 0.571. The van der Waals surface area contributed by atoms with Gasteiger partial charge in [0.2, 0.25) is 0 Å². The standard InChI is InChI=1S/C14H17F3N2O3/c1-3-14(22,4-2)7-18-12(20)13(21)19-11-6-9(16)8(15)5-10(11)17/h5-6,22H,3-4,7H2,1-2H3,(H,18,20)(H,19,21). The van der Waals surface area contributed by atoms with Gasteiger partial charge in [0.25, 0.3) is 0 Å². The fraction of sp³-hybridized carbons (Fsp3) is 0.429. The number of halogens is 3. The zero-order valence-corrected chi connectivity index (χ0v) is 12.2. The molecule has 0 saturated carbocycles. The van der Waals surface area contributed by atoms with Gasteiger partial charge < -0.3 is 15.7 Å². The number of hydrogen-bond acceptors (Lipinski definition) is 3. The first-order valence-corrected chi connectivity index (χ1v) is 6.68. The van der Waals surface area contributed by atoms with Crippen LogP contribution in [-0.2, 0) is 9.59 Å². The molecule has 8 heteroatoms. The lowest BCUT2D eigenvalue weighted by molar-refractivity contribution is -0.136. The molecule has 0 heterocycles. The molecule has 0 fully saturated rings. The molecule has 0 bridgehead atoms. The second-order valence-corrected chi connectivity index (χ2v) is 4.81. The van der Waals surface area contributed by atoms with Gasteiger partial charge in [-0.1, -0.05) is 13.8 Å². The molecule has 0 aromatic heterocycles. The van der Waals surface area contributed by atoms with Crippen LogP contribution in [0, 0.1) is 17.5 Å². The van der Waals surface area contributed by atoms with E-state index in [4.69, 9.17) is 0 Å². The molecule has 0 unspecified atom stereocenters. The highest BCUT2D eigenvalue weighted by molar-refractivity contribution is 6.39. The van der Waals surface area contributed by atoms with Crippen LogP contribution in [0.1, 0.15) is 26.7 Å². The summed E-state index contributed by atoms with van der Waals surface area (Å²) in [5.41, 5.74) is -1.80. The average molecular weight is 318 g/mol. The molecule has 22 heavy (non-hydrogen) atoms. The average Bonchev–Trinajstić information content (AvgIpc) is 2.49. The molecule has 1 aromatic rings. The summed E-state index contributed by atoms with van der Waals surface area (Å²) in [5.74, 6) is -6.35. The summed E-state index contributed by atoms with van der Waals surface area (Å²) in [5, 5.41) is 14.0. The first-order chi connectivity index (χ1) is 10.2. The van der Waals surface area contributed by atoms with Gasteiger partial charge in [-0.2, -0.15) is 0 Å². The maximum Gasteiger partial charge on any atom is 0.313 e. The molecule has 0 aliphatic rings. The Morgan fingerprint density at radius 3 is 2.14 bits per heavy atom. The monoisotopic (exact) mass is 318 g/mol. The van der Waals surface area contributed by atoms with Crippen molar-refractivity contribution in [1.82, 2.24) is 5.32 Å². The molecule has 122 valence electrons. The molecule has 0 saturated heterocycles. The van der Waals surface area contributed by atoms with Gasteiger partial charge in [0.05, 0.1) is 11.3 Å². The third-order valence-electron chi connectivity index (χ3n) is 3.36. The van der Waals surface area contributed by atoms with Crippen molar-refractivity contribution in [2.45, 2.75) is 32.3 Å². The second kappa shape index (κ2) is 7.26. The Morgan fingerprint density at radius 2 is 1.59 bits per heavy atom. The minimum absolute atomic E-state index is 0.160. The van der Waals surface area contributed by atoms with Crippen LogP contribution in [-0.4, -0.2) is 29.1 Å². The third-order valence-corrected chi connectivity index (χ3v) is 3.36. The fourth-order valence-corrected chi connectivity index (χ4v) is 1.62. The number of nitrogens with one attached hydrogen (secondary N) is 2. The van der Waals surface area contributed by atoms with Crippen molar-refractivity contribution < 1.29 is 27.9 Å². The lowest BCUT2D eigenvalue weighted by Gasteiger charge is -2.25. The minimum atomic E-state index is -1.41. The van der Waals surface area contributed by atoms with Crippen LogP contribution < -0.4 is 10.6 Å². The number of carbonyl (C=O) groups is 2. The summed E-state index contributed by atoms with van der Waals surface area (Å²) >= 11 is 0. The van der Waals surface area contributed by atoms with Crippen molar-refractivity contribution in [3.8, 4) is 0 Å². The topological polar surface area (TPSA) is 78.4 Å². The number of aliphatic hydroxyl groups is 1. The number of anilines is 1. The maximum absolute atomic E-state index is 13.3. The Kier molecular flexibility index (Phi) is 5.92. The predicted octanol–water partition coefficient (Wildman–Crippen LogP) is 1.71. The molecule has 5 nitrogen and oxygen atoms in total. The number of hydrogen-bond donors (Lipinski definition) is 3. The number of carbonyl (C=O) groups excluding carboxylic acids is 2. The molecule has 0 aliphatic heterocycles. The van der Waals surface area contributed by atoms with Crippen molar-refractivity contribution in [2.24, 2.45) is 0 Å². The number of rotatable bonds is 5. The van der Waals surface area contributed by atoms with Crippen molar-refractivity contribution in [3.05, 3.63) is 29.6 Å². The summed E-state index contributed by atoms with van der Waals surface area (Å²) in [6, 6.07) is 0.694. The third kappa shape index (κ3) is 4.45. The van der Waals surface area contributed by atoms with Crippen LogP contribution in [0.4, 0.5) is 18.9 Å². The summed E-state index contributed by atoms with van der Waals surface area (Å²) < 4.78 is 39.1. The van der Waals surface area contributed by atoms with Crippen LogP contribution in [0.15, 0.2) is 12.1 Å². The fourth-order valence-electron chi connectivity index (χ4n) is 1.62. The van der Waals surface area contributed by atoms with E-state index in [0.717, 1.165) is 0 Å². The van der Waals surface area contributed by atoms with Gasteiger partial charge in [0.1, 0.15) is 5.82 Å². The largest absolute Gasteiger partial charge is 0.388 e. The van der Waals surface area contributed by atoms with Gasteiger partial charge in [-0.15, -0.1) is 0 Å². The normalized spacial score (nSPS) is 11.2. The molecule has 0 atom stereocenters. The van der Waals surface area contributed by atoms with Gasteiger partial charge >= 0.3 is 11.8 Å². The van der Waals surface area contributed by atoms with Gasteiger partial charge in [-0.3, -0.25) is 9.59 Å². The first-order valence-electron chi connectivity index (χ1n) is 6.68. The van der Waals surface area contributed by atoms with Crippen LogP contribution >= 0.6 is 0 Å². The van der Waals surface area contributed by atoms with E-state index in [9.17, 15) is 27.9 Å². The highest BCUT2D eigenvalue weighted by Crippen LogP contribution is 2.18. The second-order valence-electron chi connectivity index (χ2n) is 4.81. The van der Waals surface area contributed by atoms with E-state index in [1.807, 2.05) is 5.32 Å². The number of benzene rings is 1. The van der Waals surface area contributed by atoms with Crippen LogP contribution in [0.25, 0.3) is 0 Å². The van der Waals surface area contributed by atoms with Crippen LogP contribution in [0.5, 0.6) is 0 Å². The van der Waals surface area contributed by atoms with Gasteiger partial charge in [0, 0.05) is 18.7 Å². The molecule has 0 radical (unpaired) electrons. The van der Waals surface area contributed by atoms with E-state index in [-0.39, 0.29) is 12.6 Å². The first kappa shape index (κ1) is 18.0. The summed E-state index contributed by atoms with van der Waals surface area (Å²) in [7, 11) is 0. The zero-order chi connectivity index (χ0) is 16.9. The van der Waals surface area contributed by atoms with E-state index in [1.165, 1.54) is 0 Å². The van der Waals surface area contributed by atoms with E-state index >= 15 is 0 Å². The lowest BCUT2D eigenvalue weighted by atomic mass is 9.98. The highest BCUT2D eigenvalue weighted by atomic mass is 19.2. The van der Waals surface area contributed by atoms with E-state index in [0.29, 0.717) is 18.9 Å². The number of amides is 2. The van der Waals surface area contributed by atoms with E-state index in [2.05, 4.69) is 5.32 Å². The molecular formula is C14H17F3N2O3. The van der Waals surface area contributed by atoms with Crippen molar-refractivity contribution in [2.75, 3.05) is 11.9 Å². The van der Waals surface area contributed by atoms with E-state index < -0.39 is 40.6 Å². The predicted molar refractivity (Wildman–Crippen MR) is 73.5 cm³/mol. The minimum Gasteiger partial charge on any atom is -0.388 e. The summed E-state index contributed by atoms with van der Waals surface area (Å²) in [4.78, 5) is 23.1. The maximum atomic E-state index is 13.3. The zero-order valence-electron chi connectivity index (χ0n) is 12.2. The van der Waals surface area contributed by atoms with Gasteiger partial charge in [-0.05, 0) is 12.8 Å². The molecule has 0 spiro atoms. The Morgan fingerprint density at radius 1 is 1.05 bits per heavy atom. The Hall–Kier alpha value is -2.09. The van der Waals surface area contributed by atoms with Gasteiger partial charge in [-0.25, -0.2) is 13.2 Å². The Balaban J connectivity index is 2.69. The SMILES string of the molecule is CCC(O)(CC)CNC(=O)C(=O)Nc1cc(F)c(F)cc1F. The van der Waals surface area contributed by atoms with Crippen LogP contribution in [0.3, 0.4) is 0 Å². The van der Waals surface area contributed by atoms with Crippen molar-refractivity contribution >= 4 is 17.5 Å². The molecule has 1 aromatic carbocycles. The lowest BCUT2D eigenvalue weighted by Crippen LogP contribution is -2.45. The van der Waals surface area contributed by atoms with Crippen LogP contribution in [0.2, 0.25) is 0 Å². The highest BCUT2D eigenvalue weighted by Gasteiger charge is 2.25. The Labute approximate surface area is 125 Å². The molecule has 3 N–H and O–H groups in total. The van der Waals surface area contributed by atoms with Crippen molar-refractivity contribution in [3.63, 3.8) is 0 Å². The molecule has 1 rings (SSSR count). The molecule has 0 aliphatic carbocycles. The van der Waals surface area contributed by atoms with Gasteiger partial charge in [0.15, 0.2) is 11.6 Å². The molecule has 2 amide bonds. The Bertz CT molecular complexity index is 575. The van der Waals surface area contributed by atoms with Crippen molar-refractivity contribution in [1.29, 1.82) is 0 Å². The van der Waals surface area contributed by atoms with E-state index in [1.54, 1.807) is 13.8 Å².